The maximum atomic E-state index is 12.0. The first-order valence-electron chi connectivity index (χ1n) is 7.32. The highest BCUT2D eigenvalue weighted by Crippen LogP contribution is 2.16. The maximum absolute atomic E-state index is 12.0. The molecule has 126 valence electrons. The molecule has 0 spiro atoms. The van der Waals surface area contributed by atoms with Crippen LogP contribution in [0.15, 0.2) is 24.3 Å². The standard InChI is InChI=1S/C15H18F3N3O2/c16-15(17,18)9-20-13(22)10-3-5-12(6-4-10)21-14(23)11-2-1-7-19-8-11/h3-6,11,19H,1-2,7-9H2,(H,20,22)(H,21,23). The average molecular weight is 329 g/mol. The topological polar surface area (TPSA) is 70.2 Å². The van der Waals surface area contributed by atoms with E-state index in [0.717, 1.165) is 19.4 Å². The Bertz CT molecular complexity index is 552. The summed E-state index contributed by atoms with van der Waals surface area (Å²) in [5.74, 6) is -1.01. The number of hydrogen-bond acceptors (Lipinski definition) is 3. The third kappa shape index (κ3) is 5.55. The fraction of sp³-hybridized carbons (Fsp3) is 0.467. The van der Waals surface area contributed by atoms with Crippen molar-refractivity contribution >= 4 is 17.5 Å². The van der Waals surface area contributed by atoms with Crippen LogP contribution in [0.5, 0.6) is 0 Å². The lowest BCUT2D eigenvalue weighted by atomic mass is 9.99. The quantitative estimate of drug-likeness (QED) is 0.790. The van der Waals surface area contributed by atoms with E-state index >= 15 is 0 Å². The summed E-state index contributed by atoms with van der Waals surface area (Å²) in [6.45, 7) is 0.161. The van der Waals surface area contributed by atoms with Crippen molar-refractivity contribution in [3.63, 3.8) is 0 Å². The van der Waals surface area contributed by atoms with Crippen LogP contribution in [0, 0.1) is 5.92 Å². The van der Waals surface area contributed by atoms with E-state index in [1.54, 1.807) is 5.32 Å². The zero-order valence-electron chi connectivity index (χ0n) is 12.4. The summed E-state index contributed by atoms with van der Waals surface area (Å²) >= 11 is 0. The van der Waals surface area contributed by atoms with Gasteiger partial charge in [0.05, 0.1) is 5.92 Å². The molecule has 0 saturated carbocycles. The van der Waals surface area contributed by atoms with Gasteiger partial charge in [-0.15, -0.1) is 0 Å². The number of rotatable bonds is 4. The van der Waals surface area contributed by atoms with Gasteiger partial charge in [-0.05, 0) is 43.7 Å². The molecule has 2 rings (SSSR count). The van der Waals surface area contributed by atoms with E-state index in [-0.39, 0.29) is 17.4 Å². The Labute approximate surface area is 131 Å². The van der Waals surface area contributed by atoms with Crippen LogP contribution in [-0.4, -0.2) is 37.6 Å². The van der Waals surface area contributed by atoms with Gasteiger partial charge in [0, 0.05) is 17.8 Å². The van der Waals surface area contributed by atoms with E-state index in [1.807, 2.05) is 0 Å². The molecule has 23 heavy (non-hydrogen) atoms. The first-order valence-corrected chi connectivity index (χ1v) is 7.32. The molecule has 0 bridgehead atoms. The van der Waals surface area contributed by atoms with Crippen LogP contribution in [0.3, 0.4) is 0 Å². The highest BCUT2D eigenvalue weighted by atomic mass is 19.4. The second-order valence-electron chi connectivity index (χ2n) is 5.41. The molecule has 1 heterocycles. The molecule has 3 N–H and O–H groups in total. The van der Waals surface area contributed by atoms with Crippen molar-refractivity contribution < 1.29 is 22.8 Å². The number of carbonyl (C=O) groups is 2. The Hall–Kier alpha value is -2.09. The second kappa shape index (κ2) is 7.45. The molecule has 2 amide bonds. The Kier molecular flexibility index (Phi) is 5.59. The maximum Gasteiger partial charge on any atom is 0.405 e. The number of carbonyl (C=O) groups excluding carboxylic acids is 2. The third-order valence-electron chi connectivity index (χ3n) is 3.53. The summed E-state index contributed by atoms with van der Waals surface area (Å²) in [5.41, 5.74) is 0.611. The van der Waals surface area contributed by atoms with Gasteiger partial charge in [-0.25, -0.2) is 0 Å². The smallest absolute Gasteiger partial charge is 0.343 e. The van der Waals surface area contributed by atoms with Gasteiger partial charge >= 0.3 is 6.18 Å². The summed E-state index contributed by atoms with van der Waals surface area (Å²) in [7, 11) is 0. The van der Waals surface area contributed by atoms with Crippen LogP contribution in [-0.2, 0) is 4.79 Å². The van der Waals surface area contributed by atoms with Crippen molar-refractivity contribution in [1.82, 2.24) is 10.6 Å². The Morgan fingerprint density at radius 2 is 1.91 bits per heavy atom. The second-order valence-corrected chi connectivity index (χ2v) is 5.41. The van der Waals surface area contributed by atoms with Crippen molar-refractivity contribution in [3.05, 3.63) is 29.8 Å². The van der Waals surface area contributed by atoms with E-state index in [0.29, 0.717) is 12.2 Å². The van der Waals surface area contributed by atoms with Gasteiger partial charge in [-0.2, -0.15) is 13.2 Å². The van der Waals surface area contributed by atoms with Gasteiger partial charge in [0.1, 0.15) is 6.54 Å². The van der Waals surface area contributed by atoms with Gasteiger partial charge in [0.2, 0.25) is 5.91 Å². The normalized spacial score (nSPS) is 18.3. The van der Waals surface area contributed by atoms with Gasteiger partial charge in [0.15, 0.2) is 0 Å². The molecule has 1 aromatic carbocycles. The molecule has 1 aromatic rings. The van der Waals surface area contributed by atoms with Crippen LogP contribution >= 0.6 is 0 Å². The lowest BCUT2D eigenvalue weighted by Crippen LogP contribution is -2.37. The average Bonchev–Trinajstić information content (AvgIpc) is 2.53. The number of amides is 2. The molecular weight excluding hydrogens is 311 g/mol. The molecule has 1 unspecified atom stereocenters. The Morgan fingerprint density at radius 3 is 2.48 bits per heavy atom. The summed E-state index contributed by atoms with van der Waals surface area (Å²) in [5, 5.41) is 7.68. The summed E-state index contributed by atoms with van der Waals surface area (Å²) < 4.78 is 36.1. The van der Waals surface area contributed by atoms with Gasteiger partial charge in [-0.3, -0.25) is 9.59 Å². The van der Waals surface area contributed by atoms with E-state index in [2.05, 4.69) is 10.6 Å². The zero-order valence-corrected chi connectivity index (χ0v) is 12.4. The molecule has 1 aliphatic rings. The van der Waals surface area contributed by atoms with E-state index in [1.165, 1.54) is 24.3 Å². The molecular formula is C15H18F3N3O2. The molecule has 0 radical (unpaired) electrons. The number of piperidine rings is 1. The summed E-state index contributed by atoms with van der Waals surface area (Å²) in [6, 6.07) is 5.74. The molecule has 1 atom stereocenters. The summed E-state index contributed by atoms with van der Waals surface area (Å²) in [6.07, 6.45) is -2.69. The first-order chi connectivity index (χ1) is 10.8. The summed E-state index contributed by atoms with van der Waals surface area (Å²) in [4.78, 5) is 23.6. The fourth-order valence-corrected chi connectivity index (χ4v) is 2.31. The van der Waals surface area contributed by atoms with Gasteiger partial charge in [-0.1, -0.05) is 0 Å². The first kappa shape index (κ1) is 17.3. The van der Waals surface area contributed by atoms with Gasteiger partial charge < -0.3 is 16.0 Å². The molecule has 8 heteroatoms. The number of nitrogens with one attached hydrogen (secondary N) is 3. The number of anilines is 1. The third-order valence-corrected chi connectivity index (χ3v) is 3.53. The zero-order chi connectivity index (χ0) is 16.9. The van der Waals surface area contributed by atoms with Crippen molar-refractivity contribution in [3.8, 4) is 0 Å². The van der Waals surface area contributed by atoms with Crippen LogP contribution in [0.1, 0.15) is 23.2 Å². The molecule has 1 aliphatic heterocycles. The SMILES string of the molecule is O=C(NCC(F)(F)F)c1ccc(NC(=O)C2CCCNC2)cc1. The van der Waals surface area contributed by atoms with Gasteiger partial charge in [0.25, 0.3) is 5.91 Å². The Morgan fingerprint density at radius 1 is 1.22 bits per heavy atom. The highest BCUT2D eigenvalue weighted by molar-refractivity contribution is 5.96. The molecule has 0 aromatic heterocycles. The van der Waals surface area contributed by atoms with Crippen molar-refractivity contribution in [2.24, 2.45) is 5.92 Å². The lowest BCUT2D eigenvalue weighted by molar-refractivity contribution is -0.123. The largest absolute Gasteiger partial charge is 0.405 e. The monoisotopic (exact) mass is 329 g/mol. The lowest BCUT2D eigenvalue weighted by Gasteiger charge is -2.21. The van der Waals surface area contributed by atoms with Crippen LogP contribution in [0.25, 0.3) is 0 Å². The number of benzene rings is 1. The van der Waals surface area contributed by atoms with E-state index < -0.39 is 18.6 Å². The minimum atomic E-state index is -4.45. The predicted molar refractivity (Wildman–Crippen MR) is 79.1 cm³/mol. The molecule has 0 aliphatic carbocycles. The molecule has 1 fully saturated rings. The Balaban J connectivity index is 1.88. The van der Waals surface area contributed by atoms with E-state index in [4.69, 9.17) is 0 Å². The fourth-order valence-electron chi connectivity index (χ4n) is 2.31. The highest BCUT2D eigenvalue weighted by Gasteiger charge is 2.28. The molecule has 5 nitrogen and oxygen atoms in total. The van der Waals surface area contributed by atoms with Crippen molar-refractivity contribution in [1.29, 1.82) is 0 Å². The minimum Gasteiger partial charge on any atom is -0.343 e. The number of halogens is 3. The number of hydrogen-bond donors (Lipinski definition) is 3. The predicted octanol–water partition coefficient (Wildman–Crippen LogP) is 1.92. The van der Waals surface area contributed by atoms with Crippen LogP contribution in [0.2, 0.25) is 0 Å². The minimum absolute atomic E-state index is 0.0986. The van der Waals surface area contributed by atoms with Crippen LogP contribution in [0.4, 0.5) is 18.9 Å². The van der Waals surface area contributed by atoms with Crippen molar-refractivity contribution in [2.75, 3.05) is 25.0 Å². The van der Waals surface area contributed by atoms with E-state index in [9.17, 15) is 22.8 Å². The molecule has 1 saturated heterocycles. The van der Waals surface area contributed by atoms with Crippen LogP contribution < -0.4 is 16.0 Å². The van der Waals surface area contributed by atoms with Crippen molar-refractivity contribution in [2.45, 2.75) is 19.0 Å². The number of alkyl halides is 3.